The number of imidazole rings is 1. The molecule has 2 aromatic rings. The Morgan fingerprint density at radius 3 is 3.10 bits per heavy atom. The minimum Gasteiger partial charge on any atom is -0.478 e. The minimum absolute atomic E-state index is 0.769. The molecule has 3 rings (SSSR count). The van der Waals surface area contributed by atoms with Crippen molar-refractivity contribution >= 4 is 34.2 Å². The first-order valence-electron chi connectivity index (χ1n) is 6.80. The first-order valence-corrected chi connectivity index (χ1v) is 7.68. The van der Waals surface area contributed by atoms with Crippen molar-refractivity contribution in [1.82, 2.24) is 9.38 Å². The van der Waals surface area contributed by atoms with Gasteiger partial charge in [0.2, 0.25) is 0 Å². The predicted molar refractivity (Wildman–Crippen MR) is 80.3 cm³/mol. The van der Waals surface area contributed by atoms with Gasteiger partial charge in [-0.2, -0.15) is 0 Å². The van der Waals surface area contributed by atoms with Crippen LogP contribution in [0.2, 0.25) is 0 Å². The Hall–Kier alpha value is -1.82. The molecule has 2 aromatic heterocycles. The normalized spacial score (nSPS) is 15.2. The van der Waals surface area contributed by atoms with Gasteiger partial charge >= 0.3 is 5.97 Å². The largest absolute Gasteiger partial charge is 0.478 e. The fourth-order valence-corrected chi connectivity index (χ4v) is 3.02. The van der Waals surface area contributed by atoms with Crippen LogP contribution in [0.1, 0.15) is 25.5 Å². The van der Waals surface area contributed by atoms with Crippen LogP contribution >= 0.6 is 11.3 Å². The van der Waals surface area contributed by atoms with Crippen LogP contribution in [0.15, 0.2) is 17.7 Å². The number of thiazole rings is 1. The molecule has 0 amide bonds. The Morgan fingerprint density at radius 1 is 1.65 bits per heavy atom. The SMILES string of the molecule is CCN(CC1CC1)c1nc2sccn2c1C=CC(=O)O. The number of carboxylic acid groups (broad SMARTS) is 1. The third-order valence-corrected chi connectivity index (χ3v) is 4.28. The van der Waals surface area contributed by atoms with E-state index in [4.69, 9.17) is 5.11 Å². The lowest BCUT2D eigenvalue weighted by Crippen LogP contribution is -2.26. The quantitative estimate of drug-likeness (QED) is 0.831. The van der Waals surface area contributed by atoms with E-state index in [1.807, 2.05) is 16.0 Å². The summed E-state index contributed by atoms with van der Waals surface area (Å²) in [6.07, 6.45) is 7.33. The molecule has 0 radical (unpaired) electrons. The van der Waals surface area contributed by atoms with E-state index < -0.39 is 5.97 Å². The van der Waals surface area contributed by atoms with Gasteiger partial charge in [0.1, 0.15) is 0 Å². The fourth-order valence-electron chi connectivity index (χ4n) is 2.31. The summed E-state index contributed by atoms with van der Waals surface area (Å²) in [4.78, 5) is 18.6. The Labute approximate surface area is 121 Å². The van der Waals surface area contributed by atoms with E-state index in [2.05, 4.69) is 16.8 Å². The van der Waals surface area contributed by atoms with E-state index in [-0.39, 0.29) is 0 Å². The average molecular weight is 291 g/mol. The second-order valence-electron chi connectivity index (χ2n) is 5.03. The van der Waals surface area contributed by atoms with Gasteiger partial charge in [0.25, 0.3) is 0 Å². The molecule has 0 aliphatic heterocycles. The van der Waals surface area contributed by atoms with Gasteiger partial charge in [-0.3, -0.25) is 4.40 Å². The summed E-state index contributed by atoms with van der Waals surface area (Å²) in [5, 5.41) is 10.8. The predicted octanol–water partition coefficient (Wildman–Crippen LogP) is 2.73. The fraction of sp³-hybridized carbons (Fsp3) is 0.429. The molecular formula is C14H17N3O2S. The summed E-state index contributed by atoms with van der Waals surface area (Å²) in [7, 11) is 0. The molecule has 1 N–H and O–H groups in total. The minimum atomic E-state index is -0.939. The second-order valence-corrected chi connectivity index (χ2v) is 5.90. The van der Waals surface area contributed by atoms with E-state index >= 15 is 0 Å². The number of hydrogen-bond donors (Lipinski definition) is 1. The molecular weight excluding hydrogens is 274 g/mol. The number of hydrogen-bond acceptors (Lipinski definition) is 4. The van der Waals surface area contributed by atoms with E-state index in [0.29, 0.717) is 0 Å². The smallest absolute Gasteiger partial charge is 0.328 e. The molecule has 0 atom stereocenters. The number of anilines is 1. The first kappa shape index (κ1) is 13.2. The van der Waals surface area contributed by atoms with Crippen LogP contribution in [0.4, 0.5) is 5.82 Å². The zero-order valence-electron chi connectivity index (χ0n) is 11.3. The van der Waals surface area contributed by atoms with Crippen molar-refractivity contribution in [3.05, 3.63) is 23.3 Å². The molecule has 6 heteroatoms. The molecule has 1 fully saturated rings. The second kappa shape index (κ2) is 5.28. The number of carbonyl (C=O) groups is 1. The lowest BCUT2D eigenvalue weighted by Gasteiger charge is -2.21. The zero-order chi connectivity index (χ0) is 14.1. The van der Waals surface area contributed by atoms with Crippen molar-refractivity contribution < 1.29 is 9.90 Å². The zero-order valence-corrected chi connectivity index (χ0v) is 12.1. The molecule has 5 nitrogen and oxygen atoms in total. The van der Waals surface area contributed by atoms with Crippen LogP contribution in [-0.4, -0.2) is 33.6 Å². The van der Waals surface area contributed by atoms with E-state index in [9.17, 15) is 4.79 Å². The summed E-state index contributed by atoms with van der Waals surface area (Å²) in [6, 6.07) is 0. The van der Waals surface area contributed by atoms with Crippen LogP contribution in [0.25, 0.3) is 11.0 Å². The maximum Gasteiger partial charge on any atom is 0.328 e. The van der Waals surface area contributed by atoms with Crippen molar-refractivity contribution in [1.29, 1.82) is 0 Å². The van der Waals surface area contributed by atoms with Gasteiger partial charge in [-0.25, -0.2) is 9.78 Å². The third-order valence-electron chi connectivity index (χ3n) is 3.52. The van der Waals surface area contributed by atoms with Gasteiger partial charge in [-0.05, 0) is 31.8 Å². The summed E-state index contributed by atoms with van der Waals surface area (Å²) in [5.74, 6) is 0.723. The number of aromatic nitrogens is 2. The number of carboxylic acids is 1. The Kier molecular flexibility index (Phi) is 3.48. The van der Waals surface area contributed by atoms with Crippen molar-refractivity contribution in [2.45, 2.75) is 19.8 Å². The van der Waals surface area contributed by atoms with Gasteiger partial charge < -0.3 is 10.0 Å². The van der Waals surface area contributed by atoms with Crippen molar-refractivity contribution in [2.24, 2.45) is 5.92 Å². The van der Waals surface area contributed by atoms with Crippen LogP contribution < -0.4 is 4.90 Å². The summed E-state index contributed by atoms with van der Waals surface area (Å²) in [6.45, 7) is 4.00. The molecule has 1 aliphatic carbocycles. The van der Waals surface area contributed by atoms with E-state index in [1.54, 1.807) is 17.4 Å². The first-order chi connectivity index (χ1) is 9.69. The lowest BCUT2D eigenvalue weighted by molar-refractivity contribution is -0.131. The lowest BCUT2D eigenvalue weighted by atomic mass is 10.3. The molecule has 0 saturated heterocycles. The van der Waals surface area contributed by atoms with Gasteiger partial charge in [0.05, 0.1) is 5.69 Å². The van der Waals surface area contributed by atoms with Crippen molar-refractivity contribution in [2.75, 3.05) is 18.0 Å². The molecule has 1 saturated carbocycles. The van der Waals surface area contributed by atoms with Gasteiger partial charge in [0.15, 0.2) is 10.8 Å². The van der Waals surface area contributed by atoms with E-state index in [0.717, 1.165) is 35.5 Å². The molecule has 0 aromatic carbocycles. The average Bonchev–Trinajstić information content (AvgIpc) is 3.00. The molecule has 106 valence electrons. The summed E-state index contributed by atoms with van der Waals surface area (Å²) < 4.78 is 1.95. The number of rotatable bonds is 6. The standard InChI is InChI=1S/C14H17N3O2S/c1-2-16(9-10-3-4-10)13-11(5-6-12(18)19)17-7-8-20-14(17)15-13/h5-8,10H,2-4,9H2,1H3,(H,18,19). The van der Waals surface area contributed by atoms with Crippen LogP contribution in [0.5, 0.6) is 0 Å². The summed E-state index contributed by atoms with van der Waals surface area (Å²) in [5.41, 5.74) is 0.853. The van der Waals surface area contributed by atoms with Gasteiger partial charge in [-0.1, -0.05) is 0 Å². The molecule has 0 bridgehead atoms. The monoisotopic (exact) mass is 291 g/mol. The highest BCUT2D eigenvalue weighted by Crippen LogP contribution is 2.33. The highest BCUT2D eigenvalue weighted by Gasteiger charge is 2.26. The maximum absolute atomic E-state index is 10.8. The molecule has 2 heterocycles. The van der Waals surface area contributed by atoms with Crippen LogP contribution in [-0.2, 0) is 4.79 Å². The van der Waals surface area contributed by atoms with Crippen molar-refractivity contribution in [3.63, 3.8) is 0 Å². The summed E-state index contributed by atoms with van der Waals surface area (Å²) >= 11 is 1.56. The topological polar surface area (TPSA) is 57.8 Å². The van der Waals surface area contributed by atoms with Crippen LogP contribution in [0.3, 0.4) is 0 Å². The van der Waals surface area contributed by atoms with Crippen molar-refractivity contribution in [3.8, 4) is 0 Å². The van der Waals surface area contributed by atoms with Crippen LogP contribution in [0, 0.1) is 5.92 Å². The molecule has 1 aliphatic rings. The maximum atomic E-state index is 10.8. The number of nitrogens with zero attached hydrogens (tertiary/aromatic N) is 3. The highest BCUT2D eigenvalue weighted by molar-refractivity contribution is 7.15. The third kappa shape index (κ3) is 2.56. The Bertz CT molecular complexity index is 654. The number of aliphatic carboxylic acids is 1. The molecule has 20 heavy (non-hydrogen) atoms. The Balaban J connectivity index is 2.00. The van der Waals surface area contributed by atoms with E-state index in [1.165, 1.54) is 18.9 Å². The molecule has 0 unspecified atom stereocenters. The Morgan fingerprint density at radius 2 is 2.45 bits per heavy atom. The number of fused-ring (bicyclic) bond motifs is 1. The van der Waals surface area contributed by atoms with Gasteiger partial charge in [-0.15, -0.1) is 11.3 Å². The van der Waals surface area contributed by atoms with Gasteiger partial charge in [0, 0.05) is 30.7 Å². The molecule has 0 spiro atoms. The highest BCUT2D eigenvalue weighted by atomic mass is 32.1.